The van der Waals surface area contributed by atoms with Gasteiger partial charge < -0.3 is 20.3 Å². The number of ether oxygens (including phenoxy) is 2. The molecule has 0 radical (unpaired) electrons. The molecule has 36 heavy (non-hydrogen) atoms. The number of para-hydroxylation sites is 1. The molecule has 1 heterocycles. The first kappa shape index (κ1) is 24.3. The highest BCUT2D eigenvalue weighted by molar-refractivity contribution is 6.08. The van der Waals surface area contributed by atoms with Gasteiger partial charge in [0.2, 0.25) is 0 Å². The van der Waals surface area contributed by atoms with Crippen LogP contribution in [0.5, 0.6) is 5.75 Å². The van der Waals surface area contributed by atoms with Crippen molar-refractivity contribution in [3.05, 3.63) is 90.0 Å². The monoisotopic (exact) mass is 488 g/mol. The number of hydrogen-bond acceptors (Lipinski definition) is 6. The number of carbonyl (C=O) groups is 3. The minimum Gasteiger partial charge on any atom is -0.490 e. The molecule has 1 saturated heterocycles. The van der Waals surface area contributed by atoms with Gasteiger partial charge in [0.1, 0.15) is 24.7 Å². The van der Waals surface area contributed by atoms with Crippen LogP contribution in [0.25, 0.3) is 0 Å². The van der Waals surface area contributed by atoms with E-state index in [2.05, 4.69) is 0 Å². The van der Waals surface area contributed by atoms with E-state index in [4.69, 9.17) is 20.6 Å². The van der Waals surface area contributed by atoms with Gasteiger partial charge in [0, 0.05) is 22.5 Å². The molecule has 10 nitrogen and oxygen atoms in total. The number of anilines is 2. The number of cyclic esters (lactones) is 1. The first-order valence-electron chi connectivity index (χ1n) is 11.1. The van der Waals surface area contributed by atoms with Crippen molar-refractivity contribution in [2.45, 2.75) is 6.10 Å². The van der Waals surface area contributed by atoms with Crippen molar-refractivity contribution in [2.24, 2.45) is 5.73 Å². The molecule has 0 aliphatic carbocycles. The Morgan fingerprint density at radius 3 is 2.44 bits per heavy atom. The summed E-state index contributed by atoms with van der Waals surface area (Å²) in [5, 5.41) is 16.8. The van der Waals surface area contributed by atoms with E-state index in [0.29, 0.717) is 28.3 Å². The predicted octanol–water partition coefficient (Wildman–Crippen LogP) is 3.11. The molecule has 0 aromatic heterocycles. The molecule has 0 saturated carbocycles. The van der Waals surface area contributed by atoms with Crippen molar-refractivity contribution in [1.29, 1.82) is 5.41 Å². The maximum atomic E-state index is 13.0. The Kier molecular flexibility index (Phi) is 7.15. The molecule has 10 heteroatoms. The summed E-state index contributed by atoms with van der Waals surface area (Å²) in [5.41, 5.74) is 7.39. The van der Waals surface area contributed by atoms with Crippen LogP contribution < -0.4 is 20.3 Å². The number of amidine groups is 1. The van der Waals surface area contributed by atoms with Crippen LogP contribution in [0.3, 0.4) is 0 Å². The average molecular weight is 489 g/mol. The third kappa shape index (κ3) is 5.61. The molecular weight excluding hydrogens is 464 g/mol. The molecule has 1 aliphatic heterocycles. The van der Waals surface area contributed by atoms with Crippen LogP contribution in [0.4, 0.5) is 16.2 Å². The summed E-state index contributed by atoms with van der Waals surface area (Å²) in [5.74, 6) is -1.21. The van der Waals surface area contributed by atoms with Gasteiger partial charge in [-0.15, -0.1) is 0 Å². The van der Waals surface area contributed by atoms with Crippen LogP contribution in [0.15, 0.2) is 78.9 Å². The number of hydrogen-bond donors (Lipinski definition) is 3. The van der Waals surface area contributed by atoms with E-state index in [1.54, 1.807) is 78.9 Å². The second-order valence-corrected chi connectivity index (χ2v) is 8.04. The molecule has 184 valence electrons. The van der Waals surface area contributed by atoms with E-state index in [9.17, 15) is 19.5 Å². The number of nitrogen functional groups attached to an aromatic ring is 1. The molecule has 1 aliphatic rings. The zero-order valence-electron chi connectivity index (χ0n) is 19.2. The maximum absolute atomic E-state index is 13.0. The van der Waals surface area contributed by atoms with E-state index in [1.807, 2.05) is 0 Å². The molecule has 1 fully saturated rings. The van der Waals surface area contributed by atoms with E-state index in [0.717, 1.165) is 0 Å². The Morgan fingerprint density at radius 2 is 1.78 bits per heavy atom. The molecule has 0 spiro atoms. The summed E-state index contributed by atoms with van der Waals surface area (Å²) in [4.78, 5) is 39.2. The number of rotatable bonds is 9. The summed E-state index contributed by atoms with van der Waals surface area (Å²) in [6.45, 7) is -0.116. The lowest BCUT2D eigenvalue weighted by Gasteiger charge is -2.21. The predicted molar refractivity (Wildman–Crippen MR) is 133 cm³/mol. The maximum Gasteiger partial charge on any atom is 0.414 e. The fourth-order valence-corrected chi connectivity index (χ4v) is 3.72. The summed E-state index contributed by atoms with van der Waals surface area (Å²) in [6.07, 6.45) is -1.05. The molecule has 1 atom stereocenters. The summed E-state index contributed by atoms with van der Waals surface area (Å²) in [7, 11) is 0. The van der Waals surface area contributed by atoms with Gasteiger partial charge >= 0.3 is 12.1 Å². The van der Waals surface area contributed by atoms with E-state index in [1.165, 1.54) is 9.80 Å². The second-order valence-electron chi connectivity index (χ2n) is 8.04. The number of nitrogens with zero attached hydrogens (tertiary/aromatic N) is 2. The molecule has 3 aromatic rings. The number of carboxylic acid groups (broad SMARTS) is 1. The van der Waals surface area contributed by atoms with E-state index >= 15 is 0 Å². The number of amides is 2. The molecular formula is C26H24N4O6. The molecule has 1 unspecified atom stereocenters. The highest BCUT2D eigenvalue weighted by Crippen LogP contribution is 2.24. The lowest BCUT2D eigenvalue weighted by Crippen LogP contribution is -2.35. The van der Waals surface area contributed by atoms with Crippen molar-refractivity contribution < 1.29 is 29.0 Å². The largest absolute Gasteiger partial charge is 0.490 e. The number of carboxylic acids is 1. The highest BCUT2D eigenvalue weighted by atomic mass is 16.6. The summed E-state index contributed by atoms with van der Waals surface area (Å²) >= 11 is 0. The molecule has 4 rings (SSSR count). The van der Waals surface area contributed by atoms with Gasteiger partial charge in [0.05, 0.1) is 6.54 Å². The number of benzene rings is 3. The smallest absolute Gasteiger partial charge is 0.414 e. The van der Waals surface area contributed by atoms with Crippen molar-refractivity contribution >= 4 is 35.2 Å². The lowest BCUT2D eigenvalue weighted by molar-refractivity contribution is -0.135. The van der Waals surface area contributed by atoms with E-state index < -0.39 is 30.6 Å². The number of carbonyl (C=O) groups excluding carboxylic acids is 2. The van der Waals surface area contributed by atoms with E-state index in [-0.39, 0.29) is 19.0 Å². The average Bonchev–Trinajstić information content (AvgIpc) is 3.27. The van der Waals surface area contributed by atoms with Crippen LogP contribution in [-0.4, -0.2) is 54.7 Å². The first-order chi connectivity index (χ1) is 17.3. The highest BCUT2D eigenvalue weighted by Gasteiger charge is 2.33. The zero-order chi connectivity index (χ0) is 25.7. The van der Waals surface area contributed by atoms with Crippen molar-refractivity contribution in [1.82, 2.24) is 0 Å². The van der Waals surface area contributed by atoms with Gasteiger partial charge in [-0.05, 0) is 48.5 Å². The van der Waals surface area contributed by atoms with Gasteiger partial charge in [-0.2, -0.15) is 0 Å². The number of nitrogens with two attached hydrogens (primary N) is 1. The third-order valence-electron chi connectivity index (χ3n) is 5.49. The Labute approximate surface area is 207 Å². The SMILES string of the molecule is N=C(N)c1cccc(N2CC(COc3ccc(C(=O)N(CC(=O)O)c4ccccc4)cc3)OC2=O)c1. The van der Waals surface area contributed by atoms with Crippen LogP contribution in [-0.2, 0) is 9.53 Å². The molecule has 2 amide bonds. The third-order valence-corrected chi connectivity index (χ3v) is 5.49. The van der Waals surface area contributed by atoms with Gasteiger partial charge in [-0.1, -0.05) is 30.3 Å². The summed E-state index contributed by atoms with van der Waals surface area (Å²) < 4.78 is 11.1. The minimum atomic E-state index is -1.12. The van der Waals surface area contributed by atoms with Gasteiger partial charge in [0.25, 0.3) is 5.91 Å². The normalized spacial score (nSPS) is 14.7. The number of nitrogens with one attached hydrogen (secondary N) is 1. The van der Waals surface area contributed by atoms with Crippen LogP contribution >= 0.6 is 0 Å². The topological polar surface area (TPSA) is 146 Å². The quantitative estimate of drug-likeness (QED) is 0.310. The van der Waals surface area contributed by atoms with Crippen LogP contribution in [0, 0.1) is 5.41 Å². The second kappa shape index (κ2) is 10.6. The van der Waals surface area contributed by atoms with Gasteiger partial charge in [-0.3, -0.25) is 24.8 Å². The van der Waals surface area contributed by atoms with Crippen molar-refractivity contribution in [3.63, 3.8) is 0 Å². The molecule has 0 bridgehead atoms. The molecule has 3 aromatic carbocycles. The Hall–Kier alpha value is -4.86. The fourth-order valence-electron chi connectivity index (χ4n) is 3.72. The minimum absolute atomic E-state index is 0.0943. The lowest BCUT2D eigenvalue weighted by atomic mass is 10.1. The van der Waals surface area contributed by atoms with Crippen LogP contribution in [0.1, 0.15) is 15.9 Å². The fraction of sp³-hybridized carbons (Fsp3) is 0.154. The van der Waals surface area contributed by atoms with Crippen LogP contribution in [0.2, 0.25) is 0 Å². The van der Waals surface area contributed by atoms with Crippen molar-refractivity contribution in [2.75, 3.05) is 29.5 Å². The Balaban J connectivity index is 1.38. The van der Waals surface area contributed by atoms with Gasteiger partial charge in [0.15, 0.2) is 6.10 Å². The molecule has 4 N–H and O–H groups in total. The Morgan fingerprint density at radius 1 is 1.06 bits per heavy atom. The standard InChI is InChI=1S/C26H24N4O6/c27-24(28)18-5-4-8-20(13-18)30-14-22(36-26(30)34)16-35-21-11-9-17(10-12-21)25(33)29(15-23(31)32)19-6-2-1-3-7-19/h1-13,22H,14-16H2,(H3,27,28)(H,31,32). The summed E-state index contributed by atoms with van der Waals surface area (Å²) in [6, 6.07) is 21.6. The van der Waals surface area contributed by atoms with Gasteiger partial charge in [-0.25, -0.2) is 4.79 Å². The first-order valence-corrected chi connectivity index (χ1v) is 11.1. The van der Waals surface area contributed by atoms with Crippen molar-refractivity contribution in [3.8, 4) is 5.75 Å². The number of aliphatic carboxylic acids is 1. The zero-order valence-corrected chi connectivity index (χ0v) is 19.2. The Bertz CT molecular complexity index is 1280.